The molecule has 5 nitrogen and oxygen atoms in total. The third-order valence-electron chi connectivity index (χ3n) is 3.80. The van der Waals surface area contributed by atoms with Gasteiger partial charge < -0.3 is 4.42 Å². The van der Waals surface area contributed by atoms with Crippen molar-refractivity contribution < 1.29 is 26.0 Å². The summed E-state index contributed by atoms with van der Waals surface area (Å²) in [6, 6.07) is 13.9. The third kappa shape index (κ3) is 4.61. The zero-order valence-electron chi connectivity index (χ0n) is 14.6. The van der Waals surface area contributed by atoms with Crippen LogP contribution in [0.5, 0.6) is 0 Å². The first-order valence-corrected chi connectivity index (χ1v) is 9.52. The van der Waals surface area contributed by atoms with E-state index in [0.717, 1.165) is 23.9 Å². The van der Waals surface area contributed by atoms with E-state index in [1.165, 1.54) is 36.4 Å². The fourth-order valence-corrected chi connectivity index (χ4v) is 3.15. The average Bonchev–Trinajstić information content (AvgIpc) is 3.10. The highest BCUT2D eigenvalue weighted by molar-refractivity contribution is 7.89. The summed E-state index contributed by atoms with van der Waals surface area (Å²) in [6.07, 6.45) is -3.33. The highest BCUT2D eigenvalue weighted by Crippen LogP contribution is 2.32. The zero-order valence-corrected chi connectivity index (χ0v) is 15.4. The van der Waals surface area contributed by atoms with Gasteiger partial charge in [0.15, 0.2) is 0 Å². The first kappa shape index (κ1) is 19.7. The zero-order chi connectivity index (χ0) is 20.4. The topological polar surface area (TPSA) is 71.7 Å². The lowest BCUT2D eigenvalue weighted by atomic mass is 10.1. The molecule has 3 rings (SSSR count). The Morgan fingerprint density at radius 3 is 2.43 bits per heavy atom. The summed E-state index contributed by atoms with van der Waals surface area (Å²) in [7, 11) is -3.83. The number of aryl methyl sites for hydroxylation is 1. The lowest BCUT2D eigenvalue weighted by Gasteiger charge is -2.07. The van der Waals surface area contributed by atoms with Crippen molar-refractivity contribution in [2.24, 2.45) is 5.10 Å². The van der Waals surface area contributed by atoms with Gasteiger partial charge in [0.2, 0.25) is 0 Å². The molecule has 0 unspecified atom stereocenters. The molecule has 0 bridgehead atoms. The Hall–Kier alpha value is -3.07. The lowest BCUT2D eigenvalue weighted by molar-refractivity contribution is -0.137. The first-order valence-electron chi connectivity index (χ1n) is 8.04. The third-order valence-corrected chi connectivity index (χ3v) is 5.04. The Labute approximate surface area is 159 Å². The molecule has 1 aromatic heterocycles. The smallest absolute Gasteiger partial charge is 0.416 e. The maximum atomic E-state index is 12.8. The van der Waals surface area contributed by atoms with Crippen LogP contribution in [-0.4, -0.2) is 14.6 Å². The molecule has 0 fully saturated rings. The summed E-state index contributed by atoms with van der Waals surface area (Å²) in [5.74, 6) is 0.382. The fourth-order valence-electron chi connectivity index (χ4n) is 2.36. The Balaban J connectivity index is 1.73. The van der Waals surface area contributed by atoms with E-state index in [1.807, 2.05) is 6.92 Å². The summed E-state index contributed by atoms with van der Waals surface area (Å²) >= 11 is 0. The molecule has 9 heteroatoms. The number of halogens is 3. The van der Waals surface area contributed by atoms with Gasteiger partial charge in [-0.15, -0.1) is 0 Å². The van der Waals surface area contributed by atoms with Crippen molar-refractivity contribution in [2.45, 2.75) is 18.0 Å². The Bertz CT molecular complexity index is 1100. The molecule has 28 heavy (non-hydrogen) atoms. The van der Waals surface area contributed by atoms with Crippen molar-refractivity contribution >= 4 is 16.2 Å². The van der Waals surface area contributed by atoms with E-state index in [1.54, 1.807) is 12.1 Å². The van der Waals surface area contributed by atoms with E-state index in [-0.39, 0.29) is 22.0 Å². The monoisotopic (exact) mass is 408 g/mol. The van der Waals surface area contributed by atoms with E-state index in [2.05, 4.69) is 9.93 Å². The molecule has 0 spiro atoms. The number of nitrogens with one attached hydrogen (secondary N) is 1. The van der Waals surface area contributed by atoms with Crippen molar-refractivity contribution in [2.75, 3.05) is 0 Å². The van der Waals surface area contributed by atoms with Gasteiger partial charge in [-0.1, -0.05) is 29.8 Å². The number of hydrogen-bond donors (Lipinski definition) is 1. The van der Waals surface area contributed by atoms with Crippen molar-refractivity contribution in [3.05, 3.63) is 77.6 Å². The minimum absolute atomic E-state index is 0.0550. The molecule has 0 aliphatic heterocycles. The van der Waals surface area contributed by atoms with Crippen LogP contribution in [0.1, 0.15) is 16.9 Å². The van der Waals surface area contributed by atoms with Crippen molar-refractivity contribution in [1.29, 1.82) is 0 Å². The van der Waals surface area contributed by atoms with Crippen LogP contribution in [0, 0.1) is 6.92 Å². The number of furan rings is 1. The number of alkyl halides is 3. The summed E-state index contributed by atoms with van der Waals surface area (Å²) in [5.41, 5.74) is 0.373. The van der Waals surface area contributed by atoms with Crippen LogP contribution in [-0.2, 0) is 16.2 Å². The Morgan fingerprint density at radius 2 is 1.75 bits per heavy atom. The van der Waals surface area contributed by atoms with E-state index in [4.69, 9.17) is 4.42 Å². The number of benzene rings is 2. The van der Waals surface area contributed by atoms with E-state index in [0.29, 0.717) is 0 Å². The van der Waals surface area contributed by atoms with Gasteiger partial charge in [-0.3, -0.25) is 0 Å². The van der Waals surface area contributed by atoms with Gasteiger partial charge in [-0.2, -0.15) is 31.5 Å². The highest BCUT2D eigenvalue weighted by Gasteiger charge is 2.30. The van der Waals surface area contributed by atoms with E-state index < -0.39 is 21.8 Å². The van der Waals surface area contributed by atoms with Crippen LogP contribution in [0.2, 0.25) is 0 Å². The quantitative estimate of drug-likeness (QED) is 0.496. The van der Waals surface area contributed by atoms with Crippen LogP contribution in [0.15, 0.2) is 75.1 Å². The van der Waals surface area contributed by atoms with Gasteiger partial charge in [-0.25, -0.2) is 0 Å². The minimum Gasteiger partial charge on any atom is -0.455 e. The molecule has 3 aromatic rings. The minimum atomic E-state index is -4.46. The fraction of sp³-hybridized carbons (Fsp3) is 0.105. The maximum absolute atomic E-state index is 12.8. The predicted octanol–water partition coefficient (Wildman–Crippen LogP) is 4.59. The number of hydrogen-bond acceptors (Lipinski definition) is 4. The van der Waals surface area contributed by atoms with Crippen LogP contribution < -0.4 is 4.83 Å². The predicted molar refractivity (Wildman–Crippen MR) is 98.2 cm³/mol. The number of rotatable bonds is 5. The molecule has 0 atom stereocenters. The summed E-state index contributed by atoms with van der Waals surface area (Å²) in [6.45, 7) is 1.83. The highest BCUT2D eigenvalue weighted by atomic mass is 32.2. The van der Waals surface area contributed by atoms with Crippen LogP contribution in [0.4, 0.5) is 13.2 Å². The van der Waals surface area contributed by atoms with Crippen LogP contribution >= 0.6 is 0 Å². The van der Waals surface area contributed by atoms with Gasteiger partial charge in [0.25, 0.3) is 10.0 Å². The number of hydrazone groups is 1. The maximum Gasteiger partial charge on any atom is 0.416 e. The first-order chi connectivity index (χ1) is 13.1. The second-order valence-corrected chi connectivity index (χ2v) is 7.61. The molecular weight excluding hydrogens is 393 g/mol. The summed E-state index contributed by atoms with van der Waals surface area (Å²) in [4.78, 5) is 2.11. The van der Waals surface area contributed by atoms with Gasteiger partial charge >= 0.3 is 6.18 Å². The van der Waals surface area contributed by atoms with E-state index in [9.17, 15) is 21.6 Å². The van der Waals surface area contributed by atoms with Crippen molar-refractivity contribution in [3.8, 4) is 11.3 Å². The molecule has 1 N–H and O–H groups in total. The molecule has 146 valence electrons. The molecule has 1 heterocycles. The largest absolute Gasteiger partial charge is 0.455 e. The molecule has 0 aliphatic rings. The number of sulfonamides is 1. The lowest BCUT2D eigenvalue weighted by Crippen LogP contribution is -2.18. The molecule has 0 aliphatic carbocycles. The molecule has 2 aromatic carbocycles. The Kier molecular flexibility index (Phi) is 5.28. The molecule has 0 amide bonds. The van der Waals surface area contributed by atoms with Gasteiger partial charge in [-0.05, 0) is 43.3 Å². The molecular formula is C19H15F3N2O3S. The van der Waals surface area contributed by atoms with Gasteiger partial charge in [0.05, 0.1) is 16.7 Å². The van der Waals surface area contributed by atoms with Crippen LogP contribution in [0.3, 0.4) is 0 Å². The second kappa shape index (κ2) is 7.51. The second-order valence-electron chi connectivity index (χ2n) is 5.95. The summed E-state index contributed by atoms with van der Waals surface area (Å²) in [5, 5.41) is 3.64. The van der Waals surface area contributed by atoms with Crippen molar-refractivity contribution in [1.82, 2.24) is 4.83 Å². The van der Waals surface area contributed by atoms with Gasteiger partial charge in [0.1, 0.15) is 11.5 Å². The average molecular weight is 408 g/mol. The molecule has 0 saturated heterocycles. The van der Waals surface area contributed by atoms with Crippen molar-refractivity contribution in [3.63, 3.8) is 0 Å². The molecule has 0 radical (unpaired) electrons. The van der Waals surface area contributed by atoms with Crippen LogP contribution in [0.25, 0.3) is 11.3 Å². The van der Waals surface area contributed by atoms with E-state index >= 15 is 0 Å². The molecule has 0 saturated carbocycles. The SMILES string of the molecule is Cc1ccc(S(=O)(=O)NN=Cc2ccc(-c3cccc(C(F)(F)F)c3)o2)cc1. The van der Waals surface area contributed by atoms with Gasteiger partial charge in [0, 0.05) is 5.56 Å². The summed E-state index contributed by atoms with van der Waals surface area (Å²) < 4.78 is 68.1. The Morgan fingerprint density at radius 1 is 1.04 bits per heavy atom. The number of nitrogens with zero attached hydrogens (tertiary/aromatic N) is 1. The standard InChI is InChI=1S/C19H15F3N2O3S/c1-13-5-8-17(9-6-13)28(25,26)24-23-12-16-7-10-18(27-16)14-3-2-4-15(11-14)19(20,21)22/h2-12,24H,1H3. The normalized spacial score (nSPS) is 12.4.